The van der Waals surface area contributed by atoms with Gasteiger partial charge in [0, 0.05) is 5.92 Å². The van der Waals surface area contributed by atoms with Gasteiger partial charge in [-0.15, -0.1) is 0 Å². The van der Waals surface area contributed by atoms with Crippen LogP contribution in [0.5, 0.6) is 0 Å². The van der Waals surface area contributed by atoms with Crippen LogP contribution in [0.1, 0.15) is 31.2 Å². The zero-order chi connectivity index (χ0) is 12.8. The predicted octanol–water partition coefficient (Wildman–Crippen LogP) is 3.98. The van der Waals surface area contributed by atoms with Crippen molar-refractivity contribution in [2.45, 2.75) is 31.1 Å². The molecule has 1 aliphatic heterocycles. The van der Waals surface area contributed by atoms with E-state index in [2.05, 4.69) is 0 Å². The van der Waals surface area contributed by atoms with Crippen LogP contribution in [0.4, 0.5) is 0 Å². The maximum Gasteiger partial charge on any atom is 0.316 e. The van der Waals surface area contributed by atoms with Crippen molar-refractivity contribution in [3.8, 4) is 0 Å². The van der Waals surface area contributed by atoms with Crippen molar-refractivity contribution in [1.29, 1.82) is 0 Å². The number of fused-ring (bicyclic) bond motifs is 1. The Morgan fingerprint density at radius 2 is 2.06 bits per heavy atom. The van der Waals surface area contributed by atoms with Crippen molar-refractivity contribution < 1.29 is 9.53 Å². The van der Waals surface area contributed by atoms with Crippen LogP contribution in [0.25, 0.3) is 0 Å². The first kappa shape index (κ1) is 12.3. The third-order valence-corrected chi connectivity index (χ3v) is 5.02. The van der Waals surface area contributed by atoms with E-state index >= 15 is 0 Å². The summed E-state index contributed by atoms with van der Waals surface area (Å²) in [6.45, 7) is 0.541. The van der Waals surface area contributed by atoms with Crippen LogP contribution in [-0.2, 0) is 14.9 Å². The van der Waals surface area contributed by atoms with Crippen LogP contribution in [0, 0.1) is 5.92 Å². The fourth-order valence-corrected chi connectivity index (χ4v) is 3.61. The van der Waals surface area contributed by atoms with E-state index in [0.717, 1.165) is 24.8 Å². The molecule has 1 aromatic carbocycles. The van der Waals surface area contributed by atoms with Crippen LogP contribution >= 0.6 is 23.2 Å². The normalized spacial score (nSPS) is 31.0. The molecule has 0 amide bonds. The lowest BCUT2D eigenvalue weighted by Crippen LogP contribution is -2.40. The highest BCUT2D eigenvalue weighted by Gasteiger charge is 2.54. The number of hydrogen-bond acceptors (Lipinski definition) is 2. The lowest BCUT2D eigenvalue weighted by atomic mass is 9.64. The topological polar surface area (TPSA) is 26.3 Å². The predicted molar refractivity (Wildman–Crippen MR) is 71.1 cm³/mol. The molecule has 2 fully saturated rings. The SMILES string of the molecule is O=C1OC[C@@H]2CCCC[C@]12c1ccc(Cl)c(Cl)c1. The van der Waals surface area contributed by atoms with Gasteiger partial charge < -0.3 is 4.74 Å². The summed E-state index contributed by atoms with van der Waals surface area (Å²) in [7, 11) is 0. The molecule has 0 unspecified atom stereocenters. The lowest BCUT2D eigenvalue weighted by Gasteiger charge is -2.35. The van der Waals surface area contributed by atoms with E-state index in [0.29, 0.717) is 16.7 Å². The molecule has 2 aliphatic rings. The van der Waals surface area contributed by atoms with E-state index in [1.165, 1.54) is 6.42 Å². The number of cyclic esters (lactones) is 1. The molecule has 96 valence electrons. The first-order valence-corrected chi connectivity index (χ1v) is 7.03. The Morgan fingerprint density at radius 1 is 1.22 bits per heavy atom. The fourth-order valence-electron chi connectivity index (χ4n) is 3.32. The van der Waals surface area contributed by atoms with Crippen LogP contribution in [-0.4, -0.2) is 12.6 Å². The van der Waals surface area contributed by atoms with E-state index in [4.69, 9.17) is 27.9 Å². The molecule has 1 aliphatic carbocycles. The Kier molecular flexibility index (Phi) is 3.03. The quantitative estimate of drug-likeness (QED) is 0.729. The number of ether oxygens (including phenoxy) is 1. The number of carbonyl (C=O) groups is 1. The van der Waals surface area contributed by atoms with Crippen molar-refractivity contribution >= 4 is 29.2 Å². The molecule has 1 saturated heterocycles. The highest BCUT2D eigenvalue weighted by molar-refractivity contribution is 6.42. The number of halogens is 2. The number of benzene rings is 1. The summed E-state index contributed by atoms with van der Waals surface area (Å²) in [5.41, 5.74) is 0.482. The molecule has 0 bridgehead atoms. The molecule has 0 aromatic heterocycles. The highest BCUT2D eigenvalue weighted by Crippen LogP contribution is 2.49. The van der Waals surface area contributed by atoms with E-state index in [9.17, 15) is 4.79 Å². The van der Waals surface area contributed by atoms with Crippen LogP contribution in [0.15, 0.2) is 18.2 Å². The minimum atomic E-state index is -0.480. The molecule has 2 atom stereocenters. The summed E-state index contributed by atoms with van der Waals surface area (Å²) >= 11 is 12.0. The fraction of sp³-hybridized carbons (Fsp3) is 0.500. The zero-order valence-electron chi connectivity index (χ0n) is 9.92. The third kappa shape index (κ3) is 1.66. The number of hydrogen-bond donors (Lipinski definition) is 0. The number of rotatable bonds is 1. The molecule has 4 heteroatoms. The third-order valence-electron chi connectivity index (χ3n) is 4.29. The monoisotopic (exact) mass is 284 g/mol. The van der Waals surface area contributed by atoms with Gasteiger partial charge in [0.2, 0.25) is 0 Å². The maximum atomic E-state index is 12.2. The van der Waals surface area contributed by atoms with E-state index in [1.807, 2.05) is 12.1 Å². The van der Waals surface area contributed by atoms with Gasteiger partial charge in [-0.05, 0) is 30.5 Å². The number of esters is 1. The second kappa shape index (κ2) is 4.43. The molecule has 1 saturated carbocycles. The molecular formula is C14H14Cl2O2. The Balaban J connectivity index is 2.10. The Hall–Kier alpha value is -0.730. The summed E-state index contributed by atoms with van der Waals surface area (Å²) in [6, 6.07) is 5.51. The van der Waals surface area contributed by atoms with Crippen molar-refractivity contribution in [2.75, 3.05) is 6.61 Å². The van der Waals surface area contributed by atoms with Gasteiger partial charge in [0.25, 0.3) is 0 Å². The Labute approximate surface area is 116 Å². The maximum absolute atomic E-state index is 12.2. The molecule has 0 radical (unpaired) electrons. The lowest BCUT2D eigenvalue weighted by molar-refractivity contribution is -0.143. The molecule has 18 heavy (non-hydrogen) atoms. The zero-order valence-corrected chi connectivity index (χ0v) is 11.4. The molecule has 2 nitrogen and oxygen atoms in total. The molecule has 1 heterocycles. The first-order chi connectivity index (χ1) is 8.64. The van der Waals surface area contributed by atoms with Gasteiger partial charge >= 0.3 is 5.97 Å². The summed E-state index contributed by atoms with van der Waals surface area (Å²) in [5, 5.41) is 1.03. The van der Waals surface area contributed by atoms with Crippen molar-refractivity contribution in [3.63, 3.8) is 0 Å². The van der Waals surface area contributed by atoms with Gasteiger partial charge in [-0.3, -0.25) is 4.79 Å². The van der Waals surface area contributed by atoms with Crippen LogP contribution in [0.3, 0.4) is 0 Å². The van der Waals surface area contributed by atoms with Crippen molar-refractivity contribution in [3.05, 3.63) is 33.8 Å². The minimum Gasteiger partial charge on any atom is -0.465 e. The highest BCUT2D eigenvalue weighted by atomic mass is 35.5. The smallest absolute Gasteiger partial charge is 0.316 e. The van der Waals surface area contributed by atoms with Gasteiger partial charge in [0.05, 0.1) is 22.1 Å². The second-order valence-corrected chi connectivity index (χ2v) is 5.96. The summed E-state index contributed by atoms with van der Waals surface area (Å²) in [5.74, 6) is 0.196. The van der Waals surface area contributed by atoms with Crippen molar-refractivity contribution in [1.82, 2.24) is 0 Å². The largest absolute Gasteiger partial charge is 0.465 e. The first-order valence-electron chi connectivity index (χ1n) is 6.27. The molecule has 3 rings (SSSR count). The Morgan fingerprint density at radius 3 is 2.83 bits per heavy atom. The summed E-state index contributed by atoms with van der Waals surface area (Å²) < 4.78 is 5.31. The molecule has 0 spiro atoms. The van der Waals surface area contributed by atoms with Gasteiger partial charge in [-0.1, -0.05) is 42.1 Å². The van der Waals surface area contributed by atoms with Crippen LogP contribution in [0.2, 0.25) is 10.0 Å². The van der Waals surface area contributed by atoms with E-state index < -0.39 is 5.41 Å². The minimum absolute atomic E-state index is 0.0920. The number of carbonyl (C=O) groups excluding carboxylic acids is 1. The molecular weight excluding hydrogens is 271 g/mol. The standard InChI is InChI=1S/C14H14Cl2O2/c15-11-5-4-9(7-12(11)16)14-6-2-1-3-10(14)8-18-13(14)17/h4-5,7,10H,1-3,6,8H2/t10-,14+/m0/s1. The average molecular weight is 285 g/mol. The summed E-state index contributed by atoms with van der Waals surface area (Å²) in [4.78, 5) is 12.2. The second-order valence-electron chi connectivity index (χ2n) is 5.14. The van der Waals surface area contributed by atoms with Crippen molar-refractivity contribution in [2.24, 2.45) is 5.92 Å². The van der Waals surface area contributed by atoms with Crippen LogP contribution < -0.4 is 0 Å². The summed E-state index contributed by atoms with van der Waals surface area (Å²) in [6.07, 6.45) is 4.14. The van der Waals surface area contributed by atoms with Gasteiger partial charge in [-0.25, -0.2) is 0 Å². The van der Waals surface area contributed by atoms with Gasteiger partial charge in [0.1, 0.15) is 0 Å². The van der Waals surface area contributed by atoms with E-state index in [-0.39, 0.29) is 11.9 Å². The Bertz CT molecular complexity index is 501. The van der Waals surface area contributed by atoms with E-state index in [1.54, 1.807) is 6.07 Å². The molecule has 0 N–H and O–H groups in total. The molecule has 1 aromatic rings. The average Bonchev–Trinajstić information content (AvgIpc) is 2.72. The van der Waals surface area contributed by atoms with Gasteiger partial charge in [0.15, 0.2) is 0 Å². The van der Waals surface area contributed by atoms with Gasteiger partial charge in [-0.2, -0.15) is 0 Å².